The molecule has 1 aromatic rings. The lowest BCUT2D eigenvalue weighted by molar-refractivity contribution is 0.553. The molecule has 1 aliphatic heterocycles. The number of alkyl halides is 1. The SMILES string of the molecule is NC1(Br)C=CC=CN1.c1nnco1. The summed E-state index contributed by atoms with van der Waals surface area (Å²) in [7, 11) is 0. The fraction of sp³-hybridized carbons (Fsp3) is 0.143. The molecule has 0 saturated heterocycles. The highest BCUT2D eigenvalue weighted by molar-refractivity contribution is 9.10. The van der Waals surface area contributed by atoms with Gasteiger partial charge in [-0.25, -0.2) is 0 Å². The number of dihydropyridines is 1. The Hall–Kier alpha value is -1.14. The molecule has 2 rings (SSSR count). The van der Waals surface area contributed by atoms with E-state index in [1.54, 1.807) is 6.20 Å². The molecule has 70 valence electrons. The molecule has 1 aromatic heterocycles. The maximum atomic E-state index is 5.55. The average Bonchev–Trinajstić information content (AvgIpc) is 2.60. The second-order valence-corrected chi connectivity index (χ2v) is 3.52. The molecular formula is C7H9BrN4O. The Kier molecular flexibility index (Phi) is 3.66. The van der Waals surface area contributed by atoms with Gasteiger partial charge in [0, 0.05) is 0 Å². The van der Waals surface area contributed by atoms with Crippen LogP contribution in [-0.2, 0) is 0 Å². The topological polar surface area (TPSA) is 77.0 Å². The molecule has 1 unspecified atom stereocenters. The van der Waals surface area contributed by atoms with Crippen LogP contribution in [0.4, 0.5) is 0 Å². The normalized spacial score (nSPS) is 24.5. The summed E-state index contributed by atoms with van der Waals surface area (Å²) in [6, 6.07) is 0. The van der Waals surface area contributed by atoms with Gasteiger partial charge in [-0.1, -0.05) is 6.08 Å². The van der Waals surface area contributed by atoms with E-state index in [4.69, 9.17) is 5.73 Å². The van der Waals surface area contributed by atoms with Gasteiger partial charge in [-0.2, -0.15) is 0 Å². The standard InChI is InChI=1S/C5H7BrN2.C2H2N2O/c6-5(7)3-1-2-4-8-5;1-3-4-2-5-1/h1-4,8H,7H2;1-2H. The Balaban J connectivity index is 0.000000145. The van der Waals surface area contributed by atoms with Crippen molar-refractivity contribution in [1.29, 1.82) is 0 Å². The molecule has 13 heavy (non-hydrogen) atoms. The minimum absolute atomic E-state index is 0.526. The zero-order valence-electron chi connectivity index (χ0n) is 6.72. The first-order valence-electron chi connectivity index (χ1n) is 3.49. The molecule has 0 fully saturated rings. The van der Waals surface area contributed by atoms with Crippen LogP contribution in [0, 0.1) is 0 Å². The predicted molar refractivity (Wildman–Crippen MR) is 51.6 cm³/mol. The lowest BCUT2D eigenvalue weighted by Gasteiger charge is -2.19. The number of aromatic nitrogens is 2. The van der Waals surface area contributed by atoms with Crippen LogP contribution in [0.1, 0.15) is 0 Å². The van der Waals surface area contributed by atoms with Crippen molar-refractivity contribution in [2.24, 2.45) is 5.73 Å². The van der Waals surface area contributed by atoms with E-state index in [0.717, 1.165) is 0 Å². The smallest absolute Gasteiger partial charge is 0.203 e. The maximum Gasteiger partial charge on any atom is 0.203 e. The van der Waals surface area contributed by atoms with E-state index in [1.807, 2.05) is 18.2 Å². The molecule has 0 spiro atoms. The number of rotatable bonds is 0. The highest BCUT2D eigenvalue weighted by Gasteiger charge is 2.13. The first-order chi connectivity index (χ1) is 6.21. The monoisotopic (exact) mass is 244 g/mol. The summed E-state index contributed by atoms with van der Waals surface area (Å²) in [5.41, 5.74) is 5.55. The van der Waals surface area contributed by atoms with Gasteiger partial charge in [0.2, 0.25) is 12.8 Å². The van der Waals surface area contributed by atoms with Crippen molar-refractivity contribution in [3.63, 3.8) is 0 Å². The van der Waals surface area contributed by atoms with Crippen LogP contribution in [0.15, 0.2) is 41.6 Å². The van der Waals surface area contributed by atoms with Gasteiger partial charge in [0.15, 0.2) is 4.57 Å². The van der Waals surface area contributed by atoms with E-state index in [-0.39, 0.29) is 0 Å². The van der Waals surface area contributed by atoms with Crippen molar-refractivity contribution in [3.8, 4) is 0 Å². The Morgan fingerprint density at radius 2 is 2.00 bits per heavy atom. The van der Waals surface area contributed by atoms with E-state index in [2.05, 4.69) is 35.9 Å². The third-order valence-corrected chi connectivity index (χ3v) is 1.63. The van der Waals surface area contributed by atoms with Crippen LogP contribution in [-0.4, -0.2) is 14.8 Å². The number of nitrogens with one attached hydrogen (secondary N) is 1. The minimum atomic E-state index is -0.526. The van der Waals surface area contributed by atoms with Crippen molar-refractivity contribution in [2.45, 2.75) is 4.57 Å². The fourth-order valence-electron chi connectivity index (χ4n) is 0.611. The summed E-state index contributed by atoms with van der Waals surface area (Å²) in [5.74, 6) is 0. The lowest BCUT2D eigenvalue weighted by Crippen LogP contribution is -2.43. The third-order valence-electron chi connectivity index (χ3n) is 1.13. The van der Waals surface area contributed by atoms with Gasteiger partial charge in [-0.05, 0) is 34.3 Å². The summed E-state index contributed by atoms with van der Waals surface area (Å²) in [5, 5.41) is 9.50. The largest absolute Gasteiger partial charge is 0.431 e. The Bertz CT molecular complexity index is 263. The molecule has 3 N–H and O–H groups in total. The summed E-state index contributed by atoms with van der Waals surface area (Å²) >= 11 is 3.22. The lowest BCUT2D eigenvalue weighted by atomic mass is 10.3. The number of hydrogen-bond acceptors (Lipinski definition) is 5. The molecular weight excluding hydrogens is 236 g/mol. The van der Waals surface area contributed by atoms with Crippen LogP contribution < -0.4 is 11.1 Å². The Labute approximate surface area is 83.8 Å². The third kappa shape index (κ3) is 4.44. The van der Waals surface area contributed by atoms with Gasteiger partial charge in [-0.15, -0.1) is 10.2 Å². The zero-order chi connectivity index (χ0) is 9.57. The van der Waals surface area contributed by atoms with Gasteiger partial charge >= 0.3 is 0 Å². The Morgan fingerprint density at radius 3 is 2.23 bits per heavy atom. The van der Waals surface area contributed by atoms with Crippen molar-refractivity contribution in [3.05, 3.63) is 37.2 Å². The Morgan fingerprint density at radius 1 is 1.31 bits per heavy atom. The molecule has 5 nitrogen and oxygen atoms in total. The summed E-state index contributed by atoms with van der Waals surface area (Å²) in [6.45, 7) is 0. The second kappa shape index (κ2) is 4.78. The quantitative estimate of drug-likeness (QED) is 0.520. The molecule has 0 aliphatic carbocycles. The van der Waals surface area contributed by atoms with E-state index >= 15 is 0 Å². The number of hydrogen-bond donors (Lipinski definition) is 2. The summed E-state index contributed by atoms with van der Waals surface area (Å²) < 4.78 is 3.84. The van der Waals surface area contributed by atoms with Crippen molar-refractivity contribution >= 4 is 15.9 Å². The van der Waals surface area contributed by atoms with E-state index in [1.165, 1.54) is 12.8 Å². The van der Waals surface area contributed by atoms with Crippen molar-refractivity contribution in [2.75, 3.05) is 0 Å². The van der Waals surface area contributed by atoms with Crippen LogP contribution in [0.5, 0.6) is 0 Å². The second-order valence-electron chi connectivity index (χ2n) is 2.21. The van der Waals surface area contributed by atoms with Gasteiger partial charge in [-0.3, -0.25) is 5.73 Å². The van der Waals surface area contributed by atoms with Crippen LogP contribution >= 0.6 is 15.9 Å². The van der Waals surface area contributed by atoms with E-state index in [9.17, 15) is 0 Å². The van der Waals surface area contributed by atoms with Gasteiger partial charge < -0.3 is 9.73 Å². The zero-order valence-corrected chi connectivity index (χ0v) is 8.31. The maximum absolute atomic E-state index is 5.55. The molecule has 0 bridgehead atoms. The van der Waals surface area contributed by atoms with E-state index < -0.39 is 4.57 Å². The van der Waals surface area contributed by atoms with Gasteiger partial charge in [0.25, 0.3) is 0 Å². The number of nitrogens with two attached hydrogens (primary N) is 1. The van der Waals surface area contributed by atoms with Crippen molar-refractivity contribution in [1.82, 2.24) is 15.5 Å². The molecule has 2 heterocycles. The highest BCUT2D eigenvalue weighted by Crippen LogP contribution is 2.10. The fourth-order valence-corrected chi connectivity index (χ4v) is 0.896. The molecule has 0 aromatic carbocycles. The number of nitrogens with zero attached hydrogens (tertiary/aromatic N) is 2. The minimum Gasteiger partial charge on any atom is -0.431 e. The molecule has 0 radical (unpaired) electrons. The highest BCUT2D eigenvalue weighted by atomic mass is 79.9. The molecule has 0 saturated carbocycles. The number of allylic oxidation sites excluding steroid dienone is 2. The van der Waals surface area contributed by atoms with Crippen LogP contribution in [0.25, 0.3) is 0 Å². The average molecular weight is 245 g/mol. The number of halogens is 1. The molecule has 0 amide bonds. The predicted octanol–water partition coefficient (Wildman–Crippen LogP) is 0.736. The van der Waals surface area contributed by atoms with Crippen molar-refractivity contribution < 1.29 is 4.42 Å². The van der Waals surface area contributed by atoms with Crippen LogP contribution in [0.2, 0.25) is 0 Å². The molecule has 6 heteroatoms. The first kappa shape index (κ1) is 9.94. The van der Waals surface area contributed by atoms with Crippen LogP contribution in [0.3, 0.4) is 0 Å². The van der Waals surface area contributed by atoms with Gasteiger partial charge in [0.05, 0.1) is 0 Å². The molecule has 1 atom stereocenters. The van der Waals surface area contributed by atoms with Gasteiger partial charge in [0.1, 0.15) is 0 Å². The first-order valence-corrected chi connectivity index (χ1v) is 4.29. The summed E-state index contributed by atoms with van der Waals surface area (Å²) in [6.07, 6.45) is 9.90. The molecule has 1 aliphatic rings. The summed E-state index contributed by atoms with van der Waals surface area (Å²) in [4.78, 5) is 0. The van der Waals surface area contributed by atoms with E-state index in [0.29, 0.717) is 0 Å².